The molecule has 2 nitrogen and oxygen atoms in total. The molecule has 0 aliphatic heterocycles. The molecule has 0 saturated heterocycles. The molecule has 0 aliphatic carbocycles. The van der Waals surface area contributed by atoms with Crippen molar-refractivity contribution in [3.8, 4) is 0 Å². The Labute approximate surface area is 105 Å². The van der Waals surface area contributed by atoms with Gasteiger partial charge in [0.2, 0.25) is 0 Å². The van der Waals surface area contributed by atoms with Crippen LogP contribution >= 0.6 is 12.2 Å². The first-order chi connectivity index (χ1) is 7.78. The Morgan fingerprint density at radius 1 is 1.35 bits per heavy atom. The minimum Gasteiger partial charge on any atom is -0.389 e. The zero-order valence-electron chi connectivity index (χ0n) is 10.1. The molecule has 5 heteroatoms. The summed E-state index contributed by atoms with van der Waals surface area (Å²) in [5, 5.41) is 2.94. The minimum absolute atomic E-state index is 0.0719. The maximum Gasteiger partial charge on any atom is 0.182 e. The summed E-state index contributed by atoms with van der Waals surface area (Å²) in [7, 11) is 0. The minimum atomic E-state index is -1.01. The summed E-state index contributed by atoms with van der Waals surface area (Å²) in [5.74, 6) is -1.95. The maximum atomic E-state index is 13.7. The van der Waals surface area contributed by atoms with Crippen LogP contribution in [0.15, 0.2) is 12.1 Å². The molecule has 0 amide bonds. The number of hydrogen-bond donors (Lipinski definition) is 2. The highest BCUT2D eigenvalue weighted by Crippen LogP contribution is 2.24. The second-order valence-electron chi connectivity index (χ2n) is 4.52. The third kappa shape index (κ3) is 3.12. The first-order valence-electron chi connectivity index (χ1n) is 5.34. The highest BCUT2D eigenvalue weighted by atomic mass is 32.1. The van der Waals surface area contributed by atoms with Crippen molar-refractivity contribution >= 4 is 22.9 Å². The largest absolute Gasteiger partial charge is 0.389 e. The molecule has 0 spiro atoms. The van der Waals surface area contributed by atoms with Gasteiger partial charge >= 0.3 is 0 Å². The van der Waals surface area contributed by atoms with Crippen molar-refractivity contribution in [3.05, 3.63) is 29.3 Å². The molecule has 0 atom stereocenters. The van der Waals surface area contributed by atoms with Crippen LogP contribution in [0.4, 0.5) is 14.5 Å². The van der Waals surface area contributed by atoms with E-state index in [0.29, 0.717) is 0 Å². The van der Waals surface area contributed by atoms with Gasteiger partial charge in [-0.2, -0.15) is 0 Å². The van der Waals surface area contributed by atoms with E-state index in [1.54, 1.807) is 0 Å². The number of benzene rings is 1. The molecule has 0 saturated carbocycles. The average Bonchev–Trinajstić information content (AvgIpc) is 2.24. The Balaban J connectivity index is 3.13. The fraction of sp³-hybridized carbons (Fsp3) is 0.417. The van der Waals surface area contributed by atoms with Gasteiger partial charge in [0.25, 0.3) is 0 Å². The van der Waals surface area contributed by atoms with E-state index in [1.165, 1.54) is 12.1 Å². The smallest absolute Gasteiger partial charge is 0.182 e. The Bertz CT molecular complexity index is 444. The van der Waals surface area contributed by atoms with Gasteiger partial charge < -0.3 is 11.1 Å². The molecule has 94 valence electrons. The fourth-order valence-corrected chi connectivity index (χ4v) is 1.45. The highest BCUT2D eigenvalue weighted by molar-refractivity contribution is 7.80. The van der Waals surface area contributed by atoms with Gasteiger partial charge in [-0.1, -0.05) is 19.1 Å². The summed E-state index contributed by atoms with van der Waals surface area (Å²) in [5.41, 5.74) is 5.03. The van der Waals surface area contributed by atoms with E-state index < -0.39 is 11.6 Å². The fourth-order valence-electron chi connectivity index (χ4n) is 1.29. The standard InChI is InChI=1S/C12H16F2N2S/c1-4-12(2,3)16-8-6-5-7(11(15)17)9(13)10(8)14/h5-6,16H,4H2,1-3H3,(H2,15,17). The summed E-state index contributed by atoms with van der Waals surface area (Å²) in [4.78, 5) is -0.150. The Morgan fingerprint density at radius 2 is 1.94 bits per heavy atom. The number of nitrogens with one attached hydrogen (secondary N) is 1. The molecule has 0 bridgehead atoms. The predicted octanol–water partition coefficient (Wildman–Crippen LogP) is 3.20. The van der Waals surface area contributed by atoms with Gasteiger partial charge in [0.15, 0.2) is 11.6 Å². The van der Waals surface area contributed by atoms with Crippen LogP contribution in [0.1, 0.15) is 32.8 Å². The van der Waals surface area contributed by atoms with Crippen molar-refractivity contribution in [1.29, 1.82) is 0 Å². The molecule has 1 rings (SSSR count). The molecular weight excluding hydrogens is 242 g/mol. The first-order valence-corrected chi connectivity index (χ1v) is 5.75. The van der Waals surface area contributed by atoms with Crippen LogP contribution in [0.2, 0.25) is 0 Å². The van der Waals surface area contributed by atoms with E-state index in [1.807, 2.05) is 20.8 Å². The van der Waals surface area contributed by atoms with Crippen LogP contribution < -0.4 is 11.1 Å². The van der Waals surface area contributed by atoms with Gasteiger partial charge in [-0.15, -0.1) is 0 Å². The van der Waals surface area contributed by atoms with Crippen LogP contribution in [-0.4, -0.2) is 10.5 Å². The second-order valence-corrected chi connectivity index (χ2v) is 4.96. The van der Waals surface area contributed by atoms with Gasteiger partial charge in [0, 0.05) is 11.1 Å². The number of hydrogen-bond acceptors (Lipinski definition) is 2. The Morgan fingerprint density at radius 3 is 2.41 bits per heavy atom. The molecule has 3 N–H and O–H groups in total. The summed E-state index contributed by atoms with van der Waals surface area (Å²) in [6, 6.07) is 2.83. The van der Waals surface area contributed by atoms with Gasteiger partial charge in [-0.25, -0.2) is 8.78 Å². The summed E-state index contributed by atoms with van der Waals surface area (Å²) in [6.45, 7) is 5.78. The van der Waals surface area contributed by atoms with E-state index in [0.717, 1.165) is 6.42 Å². The van der Waals surface area contributed by atoms with Crippen molar-refractivity contribution in [2.24, 2.45) is 5.73 Å². The molecule has 0 heterocycles. The molecule has 17 heavy (non-hydrogen) atoms. The quantitative estimate of drug-likeness (QED) is 0.814. The molecule has 0 unspecified atom stereocenters. The molecule has 0 radical (unpaired) electrons. The lowest BCUT2D eigenvalue weighted by Gasteiger charge is -2.26. The molecule has 1 aromatic carbocycles. The van der Waals surface area contributed by atoms with Crippen molar-refractivity contribution in [3.63, 3.8) is 0 Å². The van der Waals surface area contributed by atoms with Gasteiger partial charge in [0.1, 0.15) is 4.99 Å². The third-order valence-corrected chi connectivity index (χ3v) is 2.92. The van der Waals surface area contributed by atoms with E-state index in [4.69, 9.17) is 5.73 Å². The number of thiocarbonyl (C=S) groups is 1. The highest BCUT2D eigenvalue weighted by Gasteiger charge is 2.20. The number of halogens is 2. The normalized spacial score (nSPS) is 11.4. The lowest BCUT2D eigenvalue weighted by molar-refractivity contribution is 0.497. The number of anilines is 1. The molecule has 1 aromatic rings. The topological polar surface area (TPSA) is 38.0 Å². The number of nitrogens with two attached hydrogens (primary N) is 1. The summed E-state index contributed by atoms with van der Waals surface area (Å²) < 4.78 is 27.3. The molecule has 0 fully saturated rings. The Kier molecular flexibility index (Phi) is 4.03. The summed E-state index contributed by atoms with van der Waals surface area (Å²) in [6.07, 6.45) is 0.783. The third-order valence-electron chi connectivity index (χ3n) is 2.70. The van der Waals surface area contributed by atoms with Crippen molar-refractivity contribution in [2.75, 3.05) is 5.32 Å². The lowest BCUT2D eigenvalue weighted by Crippen LogP contribution is -2.30. The van der Waals surface area contributed by atoms with Gasteiger partial charge in [-0.05, 0) is 32.4 Å². The van der Waals surface area contributed by atoms with E-state index in [-0.39, 0.29) is 21.8 Å². The molecule has 0 aromatic heterocycles. The average molecular weight is 258 g/mol. The van der Waals surface area contributed by atoms with Crippen molar-refractivity contribution in [1.82, 2.24) is 0 Å². The predicted molar refractivity (Wildman–Crippen MR) is 70.2 cm³/mol. The zero-order valence-corrected chi connectivity index (χ0v) is 10.9. The van der Waals surface area contributed by atoms with Gasteiger partial charge in [-0.3, -0.25) is 0 Å². The van der Waals surface area contributed by atoms with E-state index in [9.17, 15) is 8.78 Å². The molecule has 0 aliphatic rings. The SMILES string of the molecule is CCC(C)(C)Nc1ccc(C(N)=S)c(F)c1F. The summed E-state index contributed by atoms with van der Waals surface area (Å²) >= 11 is 4.64. The van der Waals surface area contributed by atoms with Crippen molar-refractivity contribution < 1.29 is 8.78 Å². The van der Waals surface area contributed by atoms with Crippen LogP contribution in [0.25, 0.3) is 0 Å². The van der Waals surface area contributed by atoms with Crippen LogP contribution in [0, 0.1) is 11.6 Å². The number of rotatable bonds is 4. The monoisotopic (exact) mass is 258 g/mol. The van der Waals surface area contributed by atoms with Crippen LogP contribution in [-0.2, 0) is 0 Å². The maximum absolute atomic E-state index is 13.7. The van der Waals surface area contributed by atoms with E-state index in [2.05, 4.69) is 17.5 Å². The Hall–Kier alpha value is -1.23. The van der Waals surface area contributed by atoms with Gasteiger partial charge in [0.05, 0.1) is 5.69 Å². The van der Waals surface area contributed by atoms with Crippen LogP contribution in [0.5, 0.6) is 0 Å². The first kappa shape index (κ1) is 13.8. The van der Waals surface area contributed by atoms with Crippen molar-refractivity contribution in [2.45, 2.75) is 32.7 Å². The lowest BCUT2D eigenvalue weighted by atomic mass is 10.0. The van der Waals surface area contributed by atoms with E-state index >= 15 is 0 Å². The van der Waals surface area contributed by atoms with Crippen LogP contribution in [0.3, 0.4) is 0 Å². The molecular formula is C12H16F2N2S. The second kappa shape index (κ2) is 4.96. The zero-order chi connectivity index (χ0) is 13.2.